The van der Waals surface area contributed by atoms with Gasteiger partial charge in [0.15, 0.2) is 0 Å². The lowest BCUT2D eigenvalue weighted by Gasteiger charge is -2.26. The highest BCUT2D eigenvalue weighted by Crippen LogP contribution is 2.25. The minimum Gasteiger partial charge on any atom is -0.372 e. The molecule has 0 aromatic heterocycles. The molecule has 1 heterocycles. The van der Waals surface area contributed by atoms with Crippen LogP contribution in [-0.2, 0) is 11.2 Å². The van der Waals surface area contributed by atoms with E-state index in [1.165, 1.54) is 17.5 Å². The highest BCUT2D eigenvalue weighted by molar-refractivity contribution is 5.85. The second-order valence-electron chi connectivity index (χ2n) is 5.17. The Kier molecular flexibility index (Phi) is 10.2. The molecule has 0 radical (unpaired) electrons. The summed E-state index contributed by atoms with van der Waals surface area (Å²) in [4.78, 5) is 2.22. The van der Waals surface area contributed by atoms with Gasteiger partial charge in [0.05, 0.1) is 12.7 Å². The Hall–Kier alpha value is -0.320. The Balaban J connectivity index is 0.00000180. The first-order chi connectivity index (χ1) is 8.77. The largest absolute Gasteiger partial charge is 0.372 e. The van der Waals surface area contributed by atoms with Crippen LogP contribution in [0.4, 0.5) is 0 Å². The first kappa shape index (κ1) is 19.7. The standard InChI is InChI=1S/C15H24N2O.2ClH/c1-17(2)10-5-9-16-12-15-14-7-4-3-6-13(14)8-11-18-15;;/h3-4,6-7,15-16H,5,8-12H2,1-2H3;2*1H. The molecule has 0 amide bonds. The van der Waals surface area contributed by atoms with Crippen LogP contribution in [0.1, 0.15) is 23.7 Å². The van der Waals surface area contributed by atoms with Gasteiger partial charge in [-0.25, -0.2) is 0 Å². The number of benzene rings is 1. The van der Waals surface area contributed by atoms with Crippen LogP contribution in [0.15, 0.2) is 24.3 Å². The molecule has 2 rings (SSSR count). The van der Waals surface area contributed by atoms with E-state index in [2.05, 4.69) is 48.6 Å². The summed E-state index contributed by atoms with van der Waals surface area (Å²) in [6.45, 7) is 3.96. The van der Waals surface area contributed by atoms with Gasteiger partial charge in [0.1, 0.15) is 0 Å². The van der Waals surface area contributed by atoms with Crippen LogP contribution in [0, 0.1) is 0 Å². The minimum absolute atomic E-state index is 0. The summed E-state index contributed by atoms with van der Waals surface area (Å²) in [6.07, 6.45) is 2.46. The summed E-state index contributed by atoms with van der Waals surface area (Å²) in [7, 11) is 4.22. The molecule has 0 fully saturated rings. The minimum atomic E-state index is 0. The Morgan fingerprint density at radius 3 is 2.75 bits per heavy atom. The molecule has 0 saturated heterocycles. The fraction of sp³-hybridized carbons (Fsp3) is 0.600. The van der Waals surface area contributed by atoms with E-state index < -0.39 is 0 Å². The van der Waals surface area contributed by atoms with Gasteiger partial charge in [-0.15, -0.1) is 24.8 Å². The van der Waals surface area contributed by atoms with Crippen LogP contribution in [0.2, 0.25) is 0 Å². The smallest absolute Gasteiger partial charge is 0.0952 e. The predicted octanol–water partition coefficient (Wildman–Crippen LogP) is 2.69. The molecule has 116 valence electrons. The Bertz CT molecular complexity index is 375. The monoisotopic (exact) mass is 320 g/mol. The van der Waals surface area contributed by atoms with Crippen LogP contribution in [0.5, 0.6) is 0 Å². The van der Waals surface area contributed by atoms with Crippen molar-refractivity contribution >= 4 is 24.8 Å². The predicted molar refractivity (Wildman–Crippen MR) is 89.4 cm³/mol. The number of hydrogen-bond acceptors (Lipinski definition) is 3. The van der Waals surface area contributed by atoms with E-state index in [0.717, 1.165) is 32.7 Å². The molecule has 1 aliphatic heterocycles. The number of halogens is 2. The van der Waals surface area contributed by atoms with Gasteiger partial charge >= 0.3 is 0 Å². The van der Waals surface area contributed by atoms with Crippen LogP contribution in [0.3, 0.4) is 0 Å². The first-order valence-corrected chi connectivity index (χ1v) is 6.82. The van der Waals surface area contributed by atoms with Crippen molar-refractivity contribution in [1.29, 1.82) is 0 Å². The van der Waals surface area contributed by atoms with Gasteiger partial charge in [-0.2, -0.15) is 0 Å². The van der Waals surface area contributed by atoms with E-state index in [1.807, 2.05) is 0 Å². The topological polar surface area (TPSA) is 24.5 Å². The zero-order chi connectivity index (χ0) is 12.8. The van der Waals surface area contributed by atoms with E-state index in [4.69, 9.17) is 4.74 Å². The number of nitrogens with one attached hydrogen (secondary N) is 1. The normalized spacial score (nSPS) is 17.1. The maximum atomic E-state index is 5.86. The van der Waals surface area contributed by atoms with E-state index in [9.17, 15) is 0 Å². The highest BCUT2D eigenvalue weighted by atomic mass is 35.5. The SMILES string of the molecule is CN(C)CCCNCC1OCCc2ccccc21.Cl.Cl. The van der Waals surface area contributed by atoms with Crippen LogP contribution in [0.25, 0.3) is 0 Å². The van der Waals surface area contributed by atoms with Gasteiger partial charge in [0.25, 0.3) is 0 Å². The summed E-state index contributed by atoms with van der Waals surface area (Å²) < 4.78 is 5.86. The summed E-state index contributed by atoms with van der Waals surface area (Å²) in [5, 5.41) is 3.50. The van der Waals surface area contributed by atoms with Crippen LogP contribution >= 0.6 is 24.8 Å². The third kappa shape index (κ3) is 5.98. The van der Waals surface area contributed by atoms with Crippen molar-refractivity contribution in [3.63, 3.8) is 0 Å². The molecule has 1 atom stereocenters. The van der Waals surface area contributed by atoms with Gasteiger partial charge in [-0.1, -0.05) is 24.3 Å². The van der Waals surface area contributed by atoms with Crippen molar-refractivity contribution in [3.05, 3.63) is 35.4 Å². The van der Waals surface area contributed by atoms with Gasteiger partial charge in [0, 0.05) is 6.54 Å². The molecule has 0 aliphatic carbocycles. The number of fused-ring (bicyclic) bond motifs is 1. The second-order valence-corrected chi connectivity index (χ2v) is 5.17. The van der Waals surface area contributed by atoms with E-state index in [0.29, 0.717) is 0 Å². The lowest BCUT2D eigenvalue weighted by molar-refractivity contribution is 0.0425. The van der Waals surface area contributed by atoms with E-state index in [1.54, 1.807) is 0 Å². The van der Waals surface area contributed by atoms with Crippen molar-refractivity contribution in [2.24, 2.45) is 0 Å². The van der Waals surface area contributed by atoms with Crippen molar-refractivity contribution in [1.82, 2.24) is 10.2 Å². The number of hydrogen-bond donors (Lipinski definition) is 1. The van der Waals surface area contributed by atoms with Crippen molar-refractivity contribution in [2.45, 2.75) is 18.9 Å². The molecule has 5 heteroatoms. The Labute approximate surface area is 134 Å². The quantitative estimate of drug-likeness (QED) is 0.816. The molecule has 1 aliphatic rings. The van der Waals surface area contributed by atoms with Crippen molar-refractivity contribution in [2.75, 3.05) is 40.3 Å². The van der Waals surface area contributed by atoms with E-state index in [-0.39, 0.29) is 30.9 Å². The maximum absolute atomic E-state index is 5.86. The summed E-state index contributed by atoms with van der Waals surface area (Å²) in [5.74, 6) is 0. The van der Waals surface area contributed by atoms with Crippen LogP contribution in [-0.4, -0.2) is 45.2 Å². The molecular weight excluding hydrogens is 295 g/mol. The average molecular weight is 321 g/mol. The molecule has 0 saturated carbocycles. The third-order valence-electron chi connectivity index (χ3n) is 3.38. The Morgan fingerprint density at radius 1 is 1.25 bits per heavy atom. The van der Waals surface area contributed by atoms with Crippen LogP contribution < -0.4 is 5.32 Å². The molecule has 3 nitrogen and oxygen atoms in total. The lowest BCUT2D eigenvalue weighted by Crippen LogP contribution is -2.29. The van der Waals surface area contributed by atoms with E-state index >= 15 is 0 Å². The van der Waals surface area contributed by atoms with Crippen molar-refractivity contribution in [3.8, 4) is 0 Å². The average Bonchev–Trinajstić information content (AvgIpc) is 2.38. The lowest BCUT2D eigenvalue weighted by atomic mass is 9.97. The number of rotatable bonds is 6. The molecule has 1 aromatic carbocycles. The molecular formula is C15H26Cl2N2O. The third-order valence-corrected chi connectivity index (χ3v) is 3.38. The summed E-state index contributed by atoms with van der Waals surface area (Å²) in [6, 6.07) is 8.63. The highest BCUT2D eigenvalue weighted by Gasteiger charge is 2.19. The van der Waals surface area contributed by atoms with Gasteiger partial charge in [-0.3, -0.25) is 0 Å². The number of ether oxygens (including phenoxy) is 1. The fourth-order valence-corrected chi connectivity index (χ4v) is 2.40. The second kappa shape index (κ2) is 10.4. The number of nitrogens with zero attached hydrogens (tertiary/aromatic N) is 1. The Morgan fingerprint density at radius 2 is 2.00 bits per heavy atom. The molecule has 1 unspecified atom stereocenters. The molecule has 0 spiro atoms. The molecule has 20 heavy (non-hydrogen) atoms. The zero-order valence-corrected chi connectivity index (χ0v) is 13.9. The fourth-order valence-electron chi connectivity index (χ4n) is 2.40. The molecule has 1 N–H and O–H groups in total. The summed E-state index contributed by atoms with van der Waals surface area (Å²) >= 11 is 0. The first-order valence-electron chi connectivity index (χ1n) is 6.82. The van der Waals surface area contributed by atoms with Gasteiger partial charge < -0.3 is 15.0 Å². The summed E-state index contributed by atoms with van der Waals surface area (Å²) in [5.41, 5.74) is 2.81. The molecule has 1 aromatic rings. The maximum Gasteiger partial charge on any atom is 0.0952 e. The van der Waals surface area contributed by atoms with Gasteiger partial charge in [-0.05, 0) is 51.2 Å². The zero-order valence-electron chi connectivity index (χ0n) is 12.3. The van der Waals surface area contributed by atoms with Crippen molar-refractivity contribution < 1.29 is 4.74 Å². The molecule has 0 bridgehead atoms. The van der Waals surface area contributed by atoms with Gasteiger partial charge in [0.2, 0.25) is 0 Å².